The Balaban J connectivity index is 2.27. The highest BCUT2D eigenvalue weighted by Crippen LogP contribution is 2.33. The van der Waals surface area contributed by atoms with E-state index < -0.39 is 46.9 Å². The maximum atomic E-state index is 12.2. The van der Waals surface area contributed by atoms with Crippen LogP contribution >= 0.6 is 0 Å². The zero-order valence-corrected chi connectivity index (χ0v) is 19.1. The molecule has 2 heterocycles. The summed E-state index contributed by atoms with van der Waals surface area (Å²) in [5.74, 6) is 0.131. The minimum Gasteiger partial charge on any atom is -0.415 e. The van der Waals surface area contributed by atoms with E-state index >= 15 is 0 Å². The van der Waals surface area contributed by atoms with Crippen LogP contribution in [0.4, 0.5) is 5.82 Å². The van der Waals surface area contributed by atoms with Crippen LogP contribution in [-0.2, 0) is 13.6 Å². The van der Waals surface area contributed by atoms with Crippen molar-refractivity contribution in [3.8, 4) is 0 Å². The largest absolute Gasteiger partial charge is 0.415 e. The molecule has 0 aromatic carbocycles. The molecular formula is C17H33N3O5Si2. The molecule has 1 fully saturated rings. The molecule has 10 heteroatoms. The first-order chi connectivity index (χ1) is 12.5. The summed E-state index contributed by atoms with van der Waals surface area (Å²) in [7, 11) is -3.76. The quantitative estimate of drug-likeness (QED) is 0.624. The average molecular weight is 416 g/mol. The van der Waals surface area contributed by atoms with E-state index in [0.717, 1.165) is 12.1 Å². The van der Waals surface area contributed by atoms with Gasteiger partial charge in [-0.25, -0.2) is 4.79 Å². The maximum absolute atomic E-state index is 12.2. The van der Waals surface area contributed by atoms with Gasteiger partial charge in [-0.05, 0) is 44.3 Å². The molecule has 8 nitrogen and oxygen atoms in total. The van der Waals surface area contributed by atoms with Crippen molar-refractivity contribution in [2.24, 2.45) is 0 Å². The minimum absolute atomic E-state index is 0.131. The van der Waals surface area contributed by atoms with Gasteiger partial charge >= 0.3 is 5.69 Å². The highest BCUT2D eigenvalue weighted by atomic mass is 28.4. The van der Waals surface area contributed by atoms with Crippen LogP contribution in [0.5, 0.6) is 0 Å². The van der Waals surface area contributed by atoms with Crippen LogP contribution in [0.2, 0.25) is 38.3 Å². The molecule has 4 unspecified atom stereocenters. The summed E-state index contributed by atoms with van der Waals surface area (Å²) < 4.78 is 19.8. The van der Waals surface area contributed by atoms with Crippen molar-refractivity contribution in [2.75, 3.05) is 12.3 Å². The summed E-state index contributed by atoms with van der Waals surface area (Å²) in [4.78, 5) is 15.9. The first kappa shape index (κ1) is 22.2. The number of nitrogen functional groups attached to an aromatic ring is 1. The van der Waals surface area contributed by atoms with Crippen molar-refractivity contribution >= 4 is 22.5 Å². The lowest BCUT2D eigenvalue weighted by atomic mass is 10.1. The highest BCUT2D eigenvalue weighted by molar-refractivity contribution is 6.71. The number of aromatic nitrogens is 2. The van der Waals surface area contributed by atoms with Crippen molar-refractivity contribution in [1.82, 2.24) is 9.55 Å². The van der Waals surface area contributed by atoms with Gasteiger partial charge < -0.3 is 24.4 Å². The van der Waals surface area contributed by atoms with Gasteiger partial charge in [0.2, 0.25) is 0 Å². The van der Waals surface area contributed by atoms with Gasteiger partial charge in [-0.15, -0.1) is 0 Å². The Hall–Kier alpha value is -1.05. The lowest BCUT2D eigenvalue weighted by molar-refractivity contribution is -0.0522. The molecule has 27 heavy (non-hydrogen) atoms. The summed E-state index contributed by atoms with van der Waals surface area (Å²) in [5.41, 5.74) is 5.00. The number of nitrogens with zero attached hydrogens (tertiary/aromatic N) is 2. The standard InChI is InChI=1S/C17H33N3O5Si2/c1-7-26(3,4)23-11-12-15(25-27(5,6)8-2)14(21)16(24-12)20-10-9-13(18)19-17(20)22/h9-10,12,14-16,21H,7-8,11H2,1-6H3,(H2,18,19,22). The monoisotopic (exact) mass is 415 g/mol. The molecule has 0 bridgehead atoms. The topological polar surface area (TPSA) is 109 Å². The van der Waals surface area contributed by atoms with Gasteiger partial charge in [0.05, 0.1) is 6.61 Å². The zero-order chi connectivity index (χ0) is 20.4. The van der Waals surface area contributed by atoms with Crippen molar-refractivity contribution in [3.05, 3.63) is 22.7 Å². The van der Waals surface area contributed by atoms with E-state index in [9.17, 15) is 9.90 Å². The molecule has 4 atom stereocenters. The second-order valence-corrected chi connectivity index (χ2v) is 17.2. The van der Waals surface area contributed by atoms with E-state index in [4.69, 9.17) is 19.3 Å². The fourth-order valence-electron chi connectivity index (χ4n) is 2.71. The molecule has 0 saturated carbocycles. The molecule has 0 spiro atoms. The Morgan fingerprint density at radius 1 is 1.26 bits per heavy atom. The van der Waals surface area contributed by atoms with Crippen LogP contribution in [0.1, 0.15) is 20.1 Å². The Bertz CT molecular complexity index is 697. The van der Waals surface area contributed by atoms with Crippen LogP contribution in [0.3, 0.4) is 0 Å². The van der Waals surface area contributed by atoms with E-state index in [0.29, 0.717) is 6.61 Å². The van der Waals surface area contributed by atoms with Gasteiger partial charge in [-0.3, -0.25) is 4.57 Å². The molecular weight excluding hydrogens is 382 g/mol. The van der Waals surface area contributed by atoms with Crippen molar-refractivity contribution < 1.29 is 18.7 Å². The number of hydrogen-bond donors (Lipinski definition) is 2. The third-order valence-electron chi connectivity index (χ3n) is 5.23. The molecule has 1 aliphatic heterocycles. The molecule has 1 aliphatic rings. The lowest BCUT2D eigenvalue weighted by Crippen LogP contribution is -2.46. The van der Waals surface area contributed by atoms with Crippen molar-refractivity contribution in [2.45, 2.75) is 76.7 Å². The summed E-state index contributed by atoms with van der Waals surface area (Å²) >= 11 is 0. The minimum atomic E-state index is -1.97. The Morgan fingerprint density at radius 2 is 1.89 bits per heavy atom. The van der Waals surface area contributed by atoms with Gasteiger partial charge in [0.25, 0.3) is 0 Å². The normalized spacial score (nSPS) is 26.5. The van der Waals surface area contributed by atoms with E-state index in [-0.39, 0.29) is 5.82 Å². The van der Waals surface area contributed by atoms with Crippen LogP contribution in [0.15, 0.2) is 17.1 Å². The number of nitrogens with two attached hydrogens (primary N) is 1. The molecule has 3 N–H and O–H groups in total. The van der Waals surface area contributed by atoms with Gasteiger partial charge in [0.1, 0.15) is 24.1 Å². The molecule has 2 rings (SSSR count). The Morgan fingerprint density at radius 3 is 2.44 bits per heavy atom. The third kappa shape index (κ3) is 5.49. The smallest absolute Gasteiger partial charge is 0.351 e. The molecule has 1 aromatic heterocycles. The van der Waals surface area contributed by atoms with Crippen LogP contribution < -0.4 is 11.4 Å². The third-order valence-corrected chi connectivity index (χ3v) is 10.5. The lowest BCUT2D eigenvalue weighted by Gasteiger charge is -2.31. The van der Waals surface area contributed by atoms with Gasteiger partial charge in [-0.2, -0.15) is 4.98 Å². The number of aliphatic hydroxyl groups excluding tert-OH is 1. The molecule has 154 valence electrons. The Kier molecular flexibility index (Phi) is 7.03. The predicted molar refractivity (Wildman–Crippen MR) is 110 cm³/mol. The summed E-state index contributed by atoms with van der Waals surface area (Å²) in [6, 6.07) is 3.40. The summed E-state index contributed by atoms with van der Waals surface area (Å²) in [5, 5.41) is 10.9. The van der Waals surface area contributed by atoms with Crippen LogP contribution in [0.25, 0.3) is 0 Å². The van der Waals surface area contributed by atoms with E-state index in [1.54, 1.807) is 0 Å². The van der Waals surface area contributed by atoms with Crippen molar-refractivity contribution in [3.63, 3.8) is 0 Å². The second-order valence-electron chi connectivity index (χ2n) is 8.22. The summed E-state index contributed by atoms with van der Waals surface area (Å²) in [6.45, 7) is 13.0. The Labute approximate surface area is 162 Å². The van der Waals surface area contributed by atoms with E-state index in [1.165, 1.54) is 16.8 Å². The SMILES string of the molecule is CC[Si](C)(C)OCC1OC(n2ccc(N)nc2=O)C(O)C1O[Si](C)(C)CC. The maximum Gasteiger partial charge on any atom is 0.351 e. The van der Waals surface area contributed by atoms with E-state index in [2.05, 4.69) is 45.0 Å². The highest BCUT2D eigenvalue weighted by Gasteiger charge is 2.48. The van der Waals surface area contributed by atoms with Gasteiger partial charge in [0.15, 0.2) is 22.9 Å². The number of hydrogen-bond acceptors (Lipinski definition) is 7. The average Bonchev–Trinajstić information content (AvgIpc) is 2.89. The zero-order valence-electron chi connectivity index (χ0n) is 17.1. The fraction of sp³-hybridized carbons (Fsp3) is 0.765. The van der Waals surface area contributed by atoms with Gasteiger partial charge in [-0.1, -0.05) is 13.8 Å². The van der Waals surface area contributed by atoms with Crippen molar-refractivity contribution in [1.29, 1.82) is 0 Å². The molecule has 1 saturated heterocycles. The second kappa shape index (κ2) is 8.54. The van der Waals surface area contributed by atoms with Crippen LogP contribution in [0, 0.1) is 0 Å². The first-order valence-corrected chi connectivity index (χ1v) is 15.7. The molecule has 0 aliphatic carbocycles. The van der Waals surface area contributed by atoms with Crippen LogP contribution in [-0.4, -0.2) is 56.2 Å². The van der Waals surface area contributed by atoms with E-state index in [1.807, 2.05) is 0 Å². The fourth-order valence-corrected chi connectivity index (χ4v) is 4.72. The first-order valence-electron chi connectivity index (χ1n) is 9.49. The number of anilines is 1. The predicted octanol–water partition coefficient (Wildman–Crippen LogP) is 1.94. The number of aliphatic hydroxyl groups is 1. The molecule has 0 amide bonds. The number of ether oxygens (including phenoxy) is 1. The molecule has 1 aromatic rings. The summed E-state index contributed by atoms with van der Waals surface area (Å²) in [6.07, 6.45) is -1.39. The van der Waals surface area contributed by atoms with Gasteiger partial charge in [0, 0.05) is 6.20 Å². The molecule has 0 radical (unpaired) electrons. The number of rotatable bonds is 8.